The molecule has 5 heteroatoms. The zero-order chi connectivity index (χ0) is 6.53. The van der Waals surface area contributed by atoms with Crippen LogP contribution >= 0.6 is 57.7 Å². The molecule has 0 aromatic heterocycles. The number of thiol groups is 1. The summed E-state index contributed by atoms with van der Waals surface area (Å²) < 4.78 is 0.800. The Morgan fingerprint density at radius 2 is 2.11 bits per heavy atom. The van der Waals surface area contributed by atoms with Crippen molar-refractivity contribution >= 4 is 57.7 Å². The van der Waals surface area contributed by atoms with Crippen LogP contribution in [0.1, 0.15) is 0 Å². The van der Waals surface area contributed by atoms with E-state index in [2.05, 4.69) is 11.7 Å². The average Bonchev–Trinajstić information content (AvgIpc) is 1.91. The van der Waals surface area contributed by atoms with Gasteiger partial charge in [0.15, 0.2) is 0 Å². The molecule has 0 unspecified atom stereocenters. The molecule has 0 nitrogen and oxygen atoms in total. The smallest absolute Gasteiger partial charge is 0.0617 e. The normalized spacial score (nSPS) is 22.3. The van der Waals surface area contributed by atoms with Crippen LogP contribution in [0.15, 0.2) is 0 Å². The lowest BCUT2D eigenvalue weighted by atomic mass is 10.9. The van der Waals surface area contributed by atoms with Crippen molar-refractivity contribution in [1.82, 2.24) is 0 Å². The molecule has 1 heterocycles. The van der Waals surface area contributed by atoms with Gasteiger partial charge < -0.3 is 0 Å². The molecule has 0 N–H and O–H groups in total. The largest absolute Gasteiger partial charge is 0.140 e. The van der Waals surface area contributed by atoms with Gasteiger partial charge in [-0.2, -0.15) is 0 Å². The molecule has 1 saturated heterocycles. The SMILES string of the molecule is SSCC1SCSCS1. The van der Waals surface area contributed by atoms with Gasteiger partial charge in [0.05, 0.1) is 4.58 Å². The molecule has 0 aromatic rings. The lowest BCUT2D eigenvalue weighted by Gasteiger charge is -2.18. The minimum atomic E-state index is 0.800. The lowest BCUT2D eigenvalue weighted by molar-refractivity contribution is 1.46. The Balaban J connectivity index is 2.08. The molecule has 0 spiro atoms. The summed E-state index contributed by atoms with van der Waals surface area (Å²) >= 11 is 10.2. The Labute approximate surface area is 77.9 Å². The van der Waals surface area contributed by atoms with Gasteiger partial charge in [0, 0.05) is 15.9 Å². The summed E-state index contributed by atoms with van der Waals surface area (Å²) in [6.45, 7) is 0. The summed E-state index contributed by atoms with van der Waals surface area (Å²) in [5.74, 6) is 1.18. The summed E-state index contributed by atoms with van der Waals surface area (Å²) in [7, 11) is 1.65. The number of hydrogen-bond acceptors (Lipinski definition) is 5. The van der Waals surface area contributed by atoms with Crippen LogP contribution in [0, 0.1) is 0 Å². The first-order valence-corrected chi connectivity index (χ1v) is 7.80. The van der Waals surface area contributed by atoms with Gasteiger partial charge in [-0.1, -0.05) is 10.8 Å². The maximum absolute atomic E-state index is 4.11. The summed E-state index contributed by atoms with van der Waals surface area (Å²) in [5.41, 5.74) is 0. The Bertz CT molecular complexity index is 66.6. The molecule has 0 atom stereocenters. The third-order valence-electron chi connectivity index (χ3n) is 0.885. The topological polar surface area (TPSA) is 0 Å². The average molecular weight is 216 g/mol. The third kappa shape index (κ3) is 3.60. The summed E-state index contributed by atoms with van der Waals surface area (Å²) in [5, 5.41) is 2.54. The van der Waals surface area contributed by atoms with Gasteiger partial charge in [0.25, 0.3) is 0 Å². The molecule has 0 radical (unpaired) electrons. The highest BCUT2D eigenvalue weighted by molar-refractivity contribution is 8.68. The quantitative estimate of drug-likeness (QED) is 0.556. The van der Waals surface area contributed by atoms with Crippen molar-refractivity contribution in [3.8, 4) is 0 Å². The van der Waals surface area contributed by atoms with Crippen molar-refractivity contribution in [3.05, 3.63) is 0 Å². The maximum Gasteiger partial charge on any atom is 0.0617 e. The van der Waals surface area contributed by atoms with Crippen molar-refractivity contribution in [2.45, 2.75) is 4.58 Å². The van der Waals surface area contributed by atoms with Crippen molar-refractivity contribution in [2.75, 3.05) is 15.9 Å². The second kappa shape index (κ2) is 5.41. The highest BCUT2D eigenvalue weighted by atomic mass is 33.1. The predicted molar refractivity (Wildman–Crippen MR) is 57.7 cm³/mol. The molecule has 0 saturated carbocycles. The van der Waals surface area contributed by atoms with Crippen LogP contribution in [0.2, 0.25) is 0 Å². The first kappa shape index (κ1) is 8.84. The second-order valence-corrected chi connectivity index (χ2v) is 7.26. The molecule has 9 heavy (non-hydrogen) atoms. The highest BCUT2D eigenvalue weighted by Gasteiger charge is 2.13. The predicted octanol–water partition coefficient (Wildman–Crippen LogP) is 3.02. The van der Waals surface area contributed by atoms with Crippen molar-refractivity contribution in [3.63, 3.8) is 0 Å². The Morgan fingerprint density at radius 3 is 2.67 bits per heavy atom. The molecule has 1 fully saturated rings. The van der Waals surface area contributed by atoms with Gasteiger partial charge in [0.2, 0.25) is 0 Å². The summed E-state index contributed by atoms with van der Waals surface area (Å²) in [6.07, 6.45) is 0. The molecule has 1 aliphatic rings. The van der Waals surface area contributed by atoms with E-state index >= 15 is 0 Å². The van der Waals surface area contributed by atoms with Gasteiger partial charge in [-0.25, -0.2) is 0 Å². The fraction of sp³-hybridized carbons (Fsp3) is 1.00. The van der Waals surface area contributed by atoms with Crippen molar-refractivity contribution in [1.29, 1.82) is 0 Å². The zero-order valence-corrected chi connectivity index (χ0v) is 8.94. The van der Waals surface area contributed by atoms with E-state index in [0.717, 1.165) is 4.58 Å². The maximum atomic E-state index is 4.11. The third-order valence-corrected chi connectivity index (χ3v) is 6.55. The summed E-state index contributed by atoms with van der Waals surface area (Å²) in [4.78, 5) is 0. The van der Waals surface area contributed by atoms with E-state index in [4.69, 9.17) is 0 Å². The van der Waals surface area contributed by atoms with Crippen LogP contribution in [0.4, 0.5) is 0 Å². The van der Waals surface area contributed by atoms with Gasteiger partial charge >= 0.3 is 0 Å². The van der Waals surface area contributed by atoms with E-state index in [1.54, 1.807) is 10.8 Å². The van der Waals surface area contributed by atoms with E-state index < -0.39 is 0 Å². The molecule has 0 aliphatic carbocycles. The lowest BCUT2D eigenvalue weighted by Crippen LogP contribution is -2.04. The standard InChI is InChI=1S/C4H8S5/c5-9-1-4-7-2-6-3-8-4/h4-5H,1-3H2. The molecule has 54 valence electrons. The monoisotopic (exact) mass is 216 g/mol. The van der Waals surface area contributed by atoms with Crippen LogP contribution in [0.5, 0.6) is 0 Å². The van der Waals surface area contributed by atoms with Gasteiger partial charge in [0.1, 0.15) is 0 Å². The number of rotatable bonds is 2. The van der Waals surface area contributed by atoms with E-state index in [9.17, 15) is 0 Å². The Hall–Kier alpha value is 1.75. The fourth-order valence-corrected chi connectivity index (χ4v) is 7.09. The molecule has 0 bridgehead atoms. The van der Waals surface area contributed by atoms with Gasteiger partial charge in [-0.3, -0.25) is 0 Å². The number of hydrogen-bond donors (Lipinski definition) is 1. The highest BCUT2D eigenvalue weighted by Crippen LogP contribution is 2.37. The van der Waals surface area contributed by atoms with Crippen LogP contribution in [0.25, 0.3) is 0 Å². The fourth-order valence-electron chi connectivity index (χ4n) is 0.487. The number of thioether (sulfide) groups is 3. The molecule has 0 amide bonds. The molecule has 0 aromatic carbocycles. The second-order valence-electron chi connectivity index (χ2n) is 1.50. The zero-order valence-electron chi connectivity index (χ0n) is 4.78. The van der Waals surface area contributed by atoms with E-state index in [-0.39, 0.29) is 0 Å². The molecular formula is C4H8S5. The van der Waals surface area contributed by atoms with Gasteiger partial charge in [-0.15, -0.1) is 46.9 Å². The minimum absolute atomic E-state index is 0.800. The van der Waals surface area contributed by atoms with Crippen LogP contribution in [-0.2, 0) is 0 Å². The molecule has 1 aliphatic heterocycles. The van der Waals surface area contributed by atoms with E-state index in [0.29, 0.717) is 0 Å². The van der Waals surface area contributed by atoms with Crippen LogP contribution < -0.4 is 0 Å². The van der Waals surface area contributed by atoms with Crippen LogP contribution in [0.3, 0.4) is 0 Å². The summed E-state index contributed by atoms with van der Waals surface area (Å²) in [6, 6.07) is 0. The van der Waals surface area contributed by atoms with Gasteiger partial charge in [-0.05, 0) is 0 Å². The molecular weight excluding hydrogens is 208 g/mol. The van der Waals surface area contributed by atoms with Crippen molar-refractivity contribution in [2.24, 2.45) is 0 Å². The Kier molecular flexibility index (Phi) is 5.31. The van der Waals surface area contributed by atoms with Crippen LogP contribution in [-0.4, -0.2) is 20.5 Å². The Morgan fingerprint density at radius 1 is 1.44 bits per heavy atom. The first-order chi connectivity index (χ1) is 4.43. The van der Waals surface area contributed by atoms with E-state index in [1.807, 2.05) is 35.3 Å². The first-order valence-electron chi connectivity index (χ1n) is 2.51. The van der Waals surface area contributed by atoms with Crippen molar-refractivity contribution < 1.29 is 0 Å². The molecule has 1 rings (SSSR count). The minimum Gasteiger partial charge on any atom is -0.140 e. The van der Waals surface area contributed by atoms with E-state index in [1.165, 1.54) is 15.9 Å².